The van der Waals surface area contributed by atoms with Gasteiger partial charge in [0.15, 0.2) is 9.84 Å². The first kappa shape index (κ1) is 19.8. The summed E-state index contributed by atoms with van der Waals surface area (Å²) in [5.41, 5.74) is 0. The molecule has 1 atom stereocenters. The van der Waals surface area contributed by atoms with E-state index in [0.29, 0.717) is 21.4 Å². The first-order chi connectivity index (χ1) is 12.8. The highest BCUT2D eigenvalue weighted by atomic mass is 32.2. The summed E-state index contributed by atoms with van der Waals surface area (Å²) in [6, 6.07) is 3.22. The lowest BCUT2D eigenvalue weighted by atomic mass is 10.2. The van der Waals surface area contributed by atoms with Crippen LogP contribution >= 0.6 is 24.0 Å². The van der Waals surface area contributed by atoms with E-state index in [4.69, 9.17) is 16.6 Å². The topological polar surface area (TPSA) is 96.7 Å². The minimum atomic E-state index is -3.05. The number of nitrogens with one attached hydrogen (secondary N) is 1. The third kappa shape index (κ3) is 5.30. The molecule has 144 valence electrons. The van der Waals surface area contributed by atoms with Crippen LogP contribution in [0, 0.1) is 0 Å². The first-order valence-electron chi connectivity index (χ1n) is 8.29. The van der Waals surface area contributed by atoms with Crippen molar-refractivity contribution >= 4 is 56.0 Å². The van der Waals surface area contributed by atoms with Crippen LogP contribution in [0.15, 0.2) is 39.9 Å². The molecule has 27 heavy (non-hydrogen) atoms. The lowest BCUT2D eigenvalue weighted by molar-refractivity contribution is -0.124. The molecule has 0 bridgehead atoms. The van der Waals surface area contributed by atoms with Crippen LogP contribution in [0.2, 0.25) is 0 Å². The van der Waals surface area contributed by atoms with Crippen molar-refractivity contribution in [2.24, 2.45) is 0 Å². The van der Waals surface area contributed by atoms with Crippen LogP contribution in [-0.4, -0.2) is 53.5 Å². The predicted octanol–water partition coefficient (Wildman–Crippen LogP) is 1.73. The fourth-order valence-corrected chi connectivity index (χ4v) is 5.68. The lowest BCUT2D eigenvalue weighted by Gasteiger charge is -2.15. The van der Waals surface area contributed by atoms with E-state index in [9.17, 15) is 18.0 Å². The number of hydrogen-bond donors (Lipinski definition) is 1. The summed E-state index contributed by atoms with van der Waals surface area (Å²) >= 11 is 6.40. The molecule has 2 amide bonds. The van der Waals surface area contributed by atoms with Crippen LogP contribution in [0.4, 0.5) is 0 Å². The van der Waals surface area contributed by atoms with Gasteiger partial charge in [-0.2, -0.15) is 0 Å². The summed E-state index contributed by atoms with van der Waals surface area (Å²) in [7, 11) is -3.05. The molecule has 0 saturated carbocycles. The Bertz CT molecular complexity index is 903. The number of carbonyl (C=O) groups is 2. The van der Waals surface area contributed by atoms with E-state index in [2.05, 4.69) is 5.32 Å². The van der Waals surface area contributed by atoms with Crippen molar-refractivity contribution in [2.45, 2.75) is 18.9 Å². The van der Waals surface area contributed by atoms with Crippen molar-refractivity contribution < 1.29 is 22.4 Å². The molecule has 7 nitrogen and oxygen atoms in total. The van der Waals surface area contributed by atoms with Crippen molar-refractivity contribution in [1.82, 2.24) is 10.2 Å². The van der Waals surface area contributed by atoms with E-state index in [1.165, 1.54) is 16.7 Å². The minimum Gasteiger partial charge on any atom is -0.465 e. The normalized spacial score (nSPS) is 23.6. The van der Waals surface area contributed by atoms with Crippen molar-refractivity contribution in [1.29, 1.82) is 0 Å². The Hall–Kier alpha value is -1.91. The highest BCUT2D eigenvalue weighted by molar-refractivity contribution is 8.26. The molecular formula is C17H18N2O5S3. The maximum absolute atomic E-state index is 12.4. The molecule has 1 aromatic heterocycles. The number of hydrogen-bond acceptors (Lipinski definition) is 7. The molecule has 3 heterocycles. The number of carbonyl (C=O) groups excluding carboxylic acids is 2. The number of sulfone groups is 1. The molecule has 3 rings (SSSR count). The molecule has 0 aliphatic carbocycles. The SMILES string of the molecule is O=C(CCN1C(=O)C(=CC=Cc2ccco2)SC1=S)NC1CCS(=O)(=O)C1. The summed E-state index contributed by atoms with van der Waals surface area (Å²) in [4.78, 5) is 26.3. The number of allylic oxidation sites excluding steroid dienone is 2. The van der Waals surface area contributed by atoms with Crippen LogP contribution in [0.25, 0.3) is 6.08 Å². The van der Waals surface area contributed by atoms with Gasteiger partial charge >= 0.3 is 0 Å². The number of nitrogens with zero attached hydrogens (tertiary/aromatic N) is 1. The van der Waals surface area contributed by atoms with Gasteiger partial charge in [0.1, 0.15) is 10.1 Å². The Kier molecular flexibility index (Phi) is 6.18. The Morgan fingerprint density at radius 3 is 2.96 bits per heavy atom. The zero-order valence-corrected chi connectivity index (χ0v) is 16.7. The highest BCUT2D eigenvalue weighted by Gasteiger charge is 2.32. The van der Waals surface area contributed by atoms with Gasteiger partial charge in [-0.15, -0.1) is 0 Å². The largest absolute Gasteiger partial charge is 0.465 e. The molecule has 2 aliphatic rings. The minimum absolute atomic E-state index is 0.0233. The Balaban J connectivity index is 1.51. The Morgan fingerprint density at radius 1 is 1.48 bits per heavy atom. The van der Waals surface area contributed by atoms with Crippen molar-refractivity contribution in [3.63, 3.8) is 0 Å². The molecule has 10 heteroatoms. The summed E-state index contributed by atoms with van der Waals surface area (Å²) < 4.78 is 28.4. The van der Waals surface area contributed by atoms with Crippen LogP contribution in [0.3, 0.4) is 0 Å². The molecular weight excluding hydrogens is 408 g/mol. The van der Waals surface area contributed by atoms with Gasteiger partial charge < -0.3 is 9.73 Å². The second kappa shape index (κ2) is 8.41. The van der Waals surface area contributed by atoms with Gasteiger partial charge in [-0.25, -0.2) is 8.42 Å². The molecule has 0 aromatic carbocycles. The summed E-state index contributed by atoms with van der Waals surface area (Å²) in [6.45, 7) is 0.162. The van der Waals surface area contributed by atoms with Gasteiger partial charge in [0, 0.05) is 19.0 Å². The molecule has 0 radical (unpaired) electrons. The van der Waals surface area contributed by atoms with Crippen molar-refractivity contribution in [3.05, 3.63) is 41.2 Å². The number of thioether (sulfide) groups is 1. The van der Waals surface area contributed by atoms with Crippen LogP contribution < -0.4 is 5.32 Å². The van der Waals surface area contributed by atoms with Gasteiger partial charge in [-0.05, 0) is 30.7 Å². The maximum Gasteiger partial charge on any atom is 0.266 e. The van der Waals surface area contributed by atoms with E-state index >= 15 is 0 Å². The summed E-state index contributed by atoms with van der Waals surface area (Å²) in [6.07, 6.45) is 7.16. The third-order valence-electron chi connectivity index (χ3n) is 4.08. The average Bonchev–Trinajstić information content (AvgIpc) is 3.28. The van der Waals surface area contributed by atoms with Crippen LogP contribution in [0.5, 0.6) is 0 Å². The van der Waals surface area contributed by atoms with Crippen LogP contribution in [-0.2, 0) is 19.4 Å². The molecule has 0 spiro atoms. The molecule has 2 saturated heterocycles. The Labute approximate surface area is 166 Å². The van der Waals surface area contributed by atoms with E-state index in [-0.39, 0.29) is 42.3 Å². The second-order valence-corrected chi connectivity index (χ2v) is 10.1. The molecule has 2 aliphatic heterocycles. The zero-order chi connectivity index (χ0) is 19.4. The fraction of sp³-hybridized carbons (Fsp3) is 0.353. The smallest absolute Gasteiger partial charge is 0.266 e. The number of rotatable bonds is 6. The fourth-order valence-electron chi connectivity index (χ4n) is 2.75. The van der Waals surface area contributed by atoms with Gasteiger partial charge in [0.25, 0.3) is 5.91 Å². The van der Waals surface area contributed by atoms with Crippen molar-refractivity contribution in [3.8, 4) is 0 Å². The van der Waals surface area contributed by atoms with E-state index in [1.807, 2.05) is 0 Å². The summed E-state index contributed by atoms with van der Waals surface area (Å²) in [5, 5.41) is 2.71. The third-order valence-corrected chi connectivity index (χ3v) is 7.25. The zero-order valence-electron chi connectivity index (χ0n) is 14.3. The van der Waals surface area contributed by atoms with Gasteiger partial charge in [-0.1, -0.05) is 30.1 Å². The second-order valence-electron chi connectivity index (χ2n) is 6.15. The maximum atomic E-state index is 12.4. The average molecular weight is 427 g/mol. The van der Waals surface area contributed by atoms with Gasteiger partial charge in [0.2, 0.25) is 5.91 Å². The lowest BCUT2D eigenvalue weighted by Crippen LogP contribution is -2.38. The standard InChI is InChI=1S/C17H18N2O5S3/c20-15(18-12-7-10-27(22,23)11-12)6-8-19-16(21)14(26-17(19)25)5-1-3-13-4-2-9-24-13/h1-5,9,12H,6-8,10-11H2,(H,18,20). The van der Waals surface area contributed by atoms with Crippen molar-refractivity contribution in [2.75, 3.05) is 18.1 Å². The predicted molar refractivity (Wildman–Crippen MR) is 108 cm³/mol. The summed E-state index contributed by atoms with van der Waals surface area (Å²) in [5.74, 6) is 0.221. The highest BCUT2D eigenvalue weighted by Crippen LogP contribution is 2.31. The number of furan rings is 1. The molecule has 1 unspecified atom stereocenters. The Morgan fingerprint density at radius 2 is 2.30 bits per heavy atom. The van der Waals surface area contributed by atoms with Gasteiger partial charge in [0.05, 0.1) is 22.7 Å². The monoisotopic (exact) mass is 426 g/mol. The molecule has 2 fully saturated rings. The van der Waals surface area contributed by atoms with E-state index in [0.717, 1.165) is 0 Å². The van der Waals surface area contributed by atoms with Crippen LogP contribution in [0.1, 0.15) is 18.6 Å². The first-order valence-corrected chi connectivity index (χ1v) is 11.3. The van der Waals surface area contributed by atoms with E-state index in [1.54, 1.807) is 36.6 Å². The molecule has 1 N–H and O–H groups in total. The van der Waals surface area contributed by atoms with E-state index < -0.39 is 9.84 Å². The molecule has 1 aromatic rings. The number of amides is 2. The number of thiocarbonyl (C=S) groups is 1. The van der Waals surface area contributed by atoms with Gasteiger partial charge in [-0.3, -0.25) is 14.5 Å². The quantitative estimate of drug-likeness (QED) is 0.547.